The van der Waals surface area contributed by atoms with Crippen molar-refractivity contribution in [3.05, 3.63) is 48.8 Å². The van der Waals surface area contributed by atoms with Gasteiger partial charge in [0.05, 0.1) is 5.69 Å². The third kappa shape index (κ3) is 1.57. The van der Waals surface area contributed by atoms with Crippen LogP contribution < -0.4 is 0 Å². The van der Waals surface area contributed by atoms with Gasteiger partial charge in [-0.25, -0.2) is 0 Å². The second-order valence-corrected chi connectivity index (χ2v) is 3.65. The Bertz CT molecular complexity index is 657. The molecule has 0 fully saturated rings. The predicted octanol–water partition coefficient (Wildman–Crippen LogP) is 1.31. The second kappa shape index (κ2) is 3.95. The molecule has 0 atom stereocenters. The summed E-state index contributed by atoms with van der Waals surface area (Å²) in [5.41, 5.74) is 0.943. The van der Waals surface area contributed by atoms with Crippen LogP contribution in [0.15, 0.2) is 43.0 Å². The maximum atomic E-state index is 9.21. The molecular formula is C12H10N4O. The topological polar surface area (TPSA) is 63.8 Å². The van der Waals surface area contributed by atoms with Crippen molar-refractivity contribution >= 4 is 10.8 Å². The highest BCUT2D eigenvalue weighted by Gasteiger charge is 2.07. The molecule has 0 aliphatic carbocycles. The van der Waals surface area contributed by atoms with Crippen LogP contribution in [0.4, 0.5) is 0 Å². The van der Waals surface area contributed by atoms with E-state index in [0.717, 1.165) is 16.5 Å². The van der Waals surface area contributed by atoms with Gasteiger partial charge in [0.25, 0.3) is 0 Å². The number of fused-ring (bicyclic) bond motifs is 1. The normalized spacial score (nSPS) is 10.9. The van der Waals surface area contributed by atoms with E-state index >= 15 is 0 Å². The summed E-state index contributed by atoms with van der Waals surface area (Å²) in [5, 5.41) is 19.0. The first-order valence-corrected chi connectivity index (χ1v) is 5.23. The Balaban J connectivity index is 2.31. The van der Waals surface area contributed by atoms with Gasteiger partial charge in [0, 0.05) is 23.2 Å². The van der Waals surface area contributed by atoms with E-state index in [2.05, 4.69) is 15.2 Å². The summed E-state index contributed by atoms with van der Waals surface area (Å²) in [6.45, 7) is -0.137. The molecule has 0 aliphatic rings. The van der Waals surface area contributed by atoms with Crippen molar-refractivity contribution in [2.45, 2.75) is 6.61 Å². The van der Waals surface area contributed by atoms with Gasteiger partial charge < -0.3 is 5.11 Å². The van der Waals surface area contributed by atoms with E-state index in [-0.39, 0.29) is 6.61 Å². The lowest BCUT2D eigenvalue weighted by atomic mass is 10.1. The van der Waals surface area contributed by atoms with Crippen LogP contribution in [0.1, 0.15) is 5.82 Å². The molecule has 0 saturated heterocycles. The monoisotopic (exact) mass is 226 g/mol. The highest BCUT2D eigenvalue weighted by atomic mass is 16.3. The molecule has 0 radical (unpaired) electrons. The fourth-order valence-electron chi connectivity index (χ4n) is 1.88. The summed E-state index contributed by atoms with van der Waals surface area (Å²) in [6.07, 6.45) is 5.15. The molecule has 1 N–H and O–H groups in total. The van der Waals surface area contributed by atoms with Gasteiger partial charge in [-0.1, -0.05) is 12.1 Å². The van der Waals surface area contributed by atoms with Crippen molar-refractivity contribution in [1.29, 1.82) is 0 Å². The van der Waals surface area contributed by atoms with Crippen molar-refractivity contribution in [2.24, 2.45) is 0 Å². The number of pyridine rings is 1. The van der Waals surface area contributed by atoms with Crippen LogP contribution in [0.5, 0.6) is 0 Å². The number of benzene rings is 1. The van der Waals surface area contributed by atoms with Crippen LogP contribution in [0.3, 0.4) is 0 Å². The number of nitrogens with zero attached hydrogens (tertiary/aromatic N) is 4. The first kappa shape index (κ1) is 9.92. The van der Waals surface area contributed by atoms with Gasteiger partial charge in [0.2, 0.25) is 0 Å². The Morgan fingerprint density at radius 3 is 3.06 bits per heavy atom. The van der Waals surface area contributed by atoms with Gasteiger partial charge in [-0.05, 0) is 12.1 Å². The molecule has 0 aliphatic heterocycles. The third-order valence-electron chi connectivity index (χ3n) is 2.68. The standard InChI is InChI=1S/C12H10N4O/c17-7-12-15-14-8-16(12)11-3-1-2-9-6-13-5-4-10(9)11/h1-6,8,17H,7H2. The fourth-order valence-corrected chi connectivity index (χ4v) is 1.88. The minimum absolute atomic E-state index is 0.137. The summed E-state index contributed by atoms with van der Waals surface area (Å²) in [4.78, 5) is 4.09. The molecule has 84 valence electrons. The highest BCUT2D eigenvalue weighted by Crippen LogP contribution is 2.21. The summed E-state index contributed by atoms with van der Waals surface area (Å²) in [7, 11) is 0. The number of aliphatic hydroxyl groups is 1. The quantitative estimate of drug-likeness (QED) is 0.715. The lowest BCUT2D eigenvalue weighted by Gasteiger charge is -2.08. The summed E-state index contributed by atoms with van der Waals surface area (Å²) in [6, 6.07) is 7.84. The number of rotatable bonds is 2. The Morgan fingerprint density at radius 2 is 2.18 bits per heavy atom. The van der Waals surface area contributed by atoms with Crippen LogP contribution in [-0.2, 0) is 6.61 Å². The Labute approximate surface area is 97.4 Å². The summed E-state index contributed by atoms with van der Waals surface area (Å²) in [5.74, 6) is 0.523. The minimum atomic E-state index is -0.137. The van der Waals surface area contributed by atoms with Crippen molar-refractivity contribution in [3.63, 3.8) is 0 Å². The van der Waals surface area contributed by atoms with E-state index < -0.39 is 0 Å². The van der Waals surface area contributed by atoms with Gasteiger partial charge in [0.15, 0.2) is 5.82 Å². The largest absolute Gasteiger partial charge is 0.388 e. The highest BCUT2D eigenvalue weighted by molar-refractivity contribution is 5.89. The molecular weight excluding hydrogens is 216 g/mol. The zero-order valence-electron chi connectivity index (χ0n) is 8.98. The molecule has 3 rings (SSSR count). The lowest BCUT2D eigenvalue weighted by molar-refractivity contribution is 0.269. The molecule has 0 saturated carbocycles. The zero-order chi connectivity index (χ0) is 11.7. The third-order valence-corrected chi connectivity index (χ3v) is 2.68. The lowest BCUT2D eigenvalue weighted by Crippen LogP contribution is -2.00. The molecule has 0 spiro atoms. The van der Waals surface area contributed by atoms with Crippen molar-refractivity contribution in [3.8, 4) is 5.69 Å². The van der Waals surface area contributed by atoms with E-state index in [9.17, 15) is 5.11 Å². The molecule has 17 heavy (non-hydrogen) atoms. The predicted molar refractivity (Wildman–Crippen MR) is 62.6 cm³/mol. The summed E-state index contributed by atoms with van der Waals surface area (Å²) >= 11 is 0. The van der Waals surface area contributed by atoms with Crippen LogP contribution in [0.25, 0.3) is 16.5 Å². The average Bonchev–Trinajstić information content (AvgIpc) is 2.86. The Morgan fingerprint density at radius 1 is 1.24 bits per heavy atom. The van der Waals surface area contributed by atoms with E-state index in [1.807, 2.05) is 30.5 Å². The van der Waals surface area contributed by atoms with Crippen LogP contribution in [0.2, 0.25) is 0 Å². The maximum Gasteiger partial charge on any atom is 0.163 e. The van der Waals surface area contributed by atoms with Gasteiger partial charge in [0.1, 0.15) is 12.9 Å². The average molecular weight is 226 g/mol. The van der Waals surface area contributed by atoms with E-state index in [4.69, 9.17) is 0 Å². The SMILES string of the molecule is OCc1nncn1-c1cccc2cnccc12. The molecule has 1 aromatic carbocycles. The number of hydrogen-bond donors (Lipinski definition) is 1. The fraction of sp³-hybridized carbons (Fsp3) is 0.0833. The van der Waals surface area contributed by atoms with Gasteiger partial charge in [-0.3, -0.25) is 9.55 Å². The molecule has 0 unspecified atom stereocenters. The van der Waals surface area contributed by atoms with Gasteiger partial charge in [-0.2, -0.15) is 0 Å². The molecule has 2 aromatic heterocycles. The van der Waals surface area contributed by atoms with E-state index in [1.54, 1.807) is 17.1 Å². The molecule has 0 amide bonds. The number of hydrogen-bond acceptors (Lipinski definition) is 4. The number of aromatic nitrogens is 4. The van der Waals surface area contributed by atoms with Crippen LogP contribution >= 0.6 is 0 Å². The molecule has 5 heteroatoms. The first-order valence-electron chi connectivity index (χ1n) is 5.23. The molecule has 5 nitrogen and oxygen atoms in total. The molecule has 2 heterocycles. The maximum absolute atomic E-state index is 9.21. The Kier molecular flexibility index (Phi) is 2.31. The van der Waals surface area contributed by atoms with Crippen molar-refractivity contribution < 1.29 is 5.11 Å². The Hall–Kier alpha value is -2.27. The van der Waals surface area contributed by atoms with E-state index in [1.165, 1.54) is 0 Å². The smallest absolute Gasteiger partial charge is 0.163 e. The molecule has 0 bridgehead atoms. The molecule has 3 aromatic rings. The second-order valence-electron chi connectivity index (χ2n) is 3.65. The summed E-state index contributed by atoms with van der Waals surface area (Å²) < 4.78 is 1.78. The van der Waals surface area contributed by atoms with Crippen LogP contribution in [0, 0.1) is 0 Å². The van der Waals surface area contributed by atoms with Gasteiger partial charge in [-0.15, -0.1) is 10.2 Å². The zero-order valence-corrected chi connectivity index (χ0v) is 8.98. The van der Waals surface area contributed by atoms with Gasteiger partial charge >= 0.3 is 0 Å². The first-order chi connectivity index (χ1) is 8.40. The van der Waals surface area contributed by atoms with Crippen molar-refractivity contribution in [1.82, 2.24) is 19.7 Å². The van der Waals surface area contributed by atoms with Crippen LogP contribution in [-0.4, -0.2) is 24.9 Å². The number of aliphatic hydroxyl groups excluding tert-OH is 1. The van der Waals surface area contributed by atoms with Crippen molar-refractivity contribution in [2.75, 3.05) is 0 Å². The van der Waals surface area contributed by atoms with E-state index in [0.29, 0.717) is 5.82 Å². The minimum Gasteiger partial charge on any atom is -0.388 e.